The van der Waals surface area contributed by atoms with Gasteiger partial charge < -0.3 is 9.80 Å². The zero-order valence-electron chi connectivity index (χ0n) is 14.7. The summed E-state index contributed by atoms with van der Waals surface area (Å²) in [6.07, 6.45) is 10.1. The van der Waals surface area contributed by atoms with E-state index in [1.165, 1.54) is 45.2 Å². The van der Waals surface area contributed by atoms with E-state index in [1.54, 1.807) is 6.20 Å². The summed E-state index contributed by atoms with van der Waals surface area (Å²) in [5.74, 6) is 0.725. The van der Waals surface area contributed by atoms with Gasteiger partial charge in [-0.05, 0) is 58.5 Å². The van der Waals surface area contributed by atoms with Crippen molar-refractivity contribution in [2.24, 2.45) is 5.92 Å². The van der Waals surface area contributed by atoms with Gasteiger partial charge in [0.25, 0.3) is 5.91 Å². The molecule has 2 aliphatic heterocycles. The molecule has 0 aromatic carbocycles. The molecule has 0 saturated carbocycles. The summed E-state index contributed by atoms with van der Waals surface area (Å²) in [7, 11) is 1.94. The molecule has 3 heterocycles. The number of aromatic nitrogens is 2. The minimum Gasteiger partial charge on any atom is -0.341 e. The molecule has 5 nitrogen and oxygen atoms in total. The zero-order valence-corrected chi connectivity index (χ0v) is 14.7. The molecule has 1 aromatic heterocycles. The first-order valence-electron chi connectivity index (χ1n) is 9.10. The molecule has 3 rings (SSSR count). The van der Waals surface area contributed by atoms with Crippen LogP contribution in [0.5, 0.6) is 0 Å². The van der Waals surface area contributed by atoms with Crippen molar-refractivity contribution in [2.75, 3.05) is 26.7 Å². The second-order valence-electron chi connectivity index (χ2n) is 7.49. The molecule has 23 heavy (non-hydrogen) atoms. The average Bonchev–Trinajstić information content (AvgIpc) is 3.04. The van der Waals surface area contributed by atoms with Gasteiger partial charge >= 0.3 is 0 Å². The normalized spacial score (nSPS) is 25.4. The molecule has 0 N–H and O–H groups in total. The number of fused-ring (bicyclic) bond motifs is 1. The Balaban J connectivity index is 1.63. The van der Waals surface area contributed by atoms with E-state index in [9.17, 15) is 4.79 Å². The fraction of sp³-hybridized carbons (Fsp3) is 0.778. The van der Waals surface area contributed by atoms with Crippen molar-refractivity contribution in [1.82, 2.24) is 19.6 Å². The summed E-state index contributed by atoms with van der Waals surface area (Å²) in [5, 5.41) is 4.29. The van der Waals surface area contributed by atoms with E-state index >= 15 is 0 Å². The number of carbonyl (C=O) groups is 1. The molecular formula is C18H30N4O. The van der Waals surface area contributed by atoms with E-state index in [4.69, 9.17) is 0 Å². The smallest absolute Gasteiger partial charge is 0.256 e. The van der Waals surface area contributed by atoms with Crippen molar-refractivity contribution >= 4 is 5.91 Å². The molecule has 1 amide bonds. The van der Waals surface area contributed by atoms with Crippen molar-refractivity contribution in [3.8, 4) is 0 Å². The van der Waals surface area contributed by atoms with Gasteiger partial charge in [0, 0.05) is 31.9 Å². The Labute approximate surface area is 139 Å². The van der Waals surface area contributed by atoms with E-state index in [2.05, 4.69) is 23.8 Å². The average molecular weight is 318 g/mol. The molecule has 2 atom stereocenters. The fourth-order valence-electron chi connectivity index (χ4n) is 4.18. The highest BCUT2D eigenvalue weighted by molar-refractivity contribution is 5.93. The van der Waals surface area contributed by atoms with Gasteiger partial charge in [-0.3, -0.25) is 9.48 Å². The summed E-state index contributed by atoms with van der Waals surface area (Å²) in [6, 6.07) is 0.974. The molecule has 2 aliphatic rings. The van der Waals surface area contributed by atoms with Gasteiger partial charge in [-0.1, -0.05) is 6.42 Å². The summed E-state index contributed by atoms with van der Waals surface area (Å²) < 4.78 is 1.85. The molecule has 0 bridgehead atoms. The van der Waals surface area contributed by atoms with E-state index in [1.807, 2.05) is 22.8 Å². The highest BCUT2D eigenvalue weighted by Crippen LogP contribution is 2.31. The van der Waals surface area contributed by atoms with Crippen LogP contribution in [0.25, 0.3) is 0 Å². The number of piperidine rings is 2. The Bertz CT molecular complexity index is 537. The maximum Gasteiger partial charge on any atom is 0.256 e. The molecule has 2 fully saturated rings. The topological polar surface area (TPSA) is 41.4 Å². The highest BCUT2D eigenvalue weighted by atomic mass is 16.2. The molecule has 2 saturated heterocycles. The standard InChI is InChI=1S/C18H30N4O/c1-14(2)22-13-16(11-19-22)18(23)20(3)12-15-7-6-10-21-9-5-4-8-17(15)21/h11,13-15,17H,4-10,12H2,1-3H3/t15-,17+/m0/s1. The van der Waals surface area contributed by atoms with Crippen molar-refractivity contribution in [3.05, 3.63) is 18.0 Å². The number of hydrogen-bond donors (Lipinski definition) is 0. The van der Waals surface area contributed by atoms with Crippen LogP contribution in [-0.2, 0) is 0 Å². The quantitative estimate of drug-likeness (QED) is 0.857. The Morgan fingerprint density at radius 1 is 1.30 bits per heavy atom. The number of nitrogens with zero attached hydrogens (tertiary/aromatic N) is 4. The van der Waals surface area contributed by atoms with E-state index in [0.29, 0.717) is 17.5 Å². The van der Waals surface area contributed by atoms with Crippen molar-refractivity contribution in [1.29, 1.82) is 0 Å². The van der Waals surface area contributed by atoms with E-state index < -0.39 is 0 Å². The van der Waals surface area contributed by atoms with Gasteiger partial charge in [0.1, 0.15) is 0 Å². The number of amides is 1. The molecule has 0 unspecified atom stereocenters. The predicted molar refractivity (Wildman–Crippen MR) is 91.5 cm³/mol. The third kappa shape index (κ3) is 3.60. The maximum absolute atomic E-state index is 12.7. The van der Waals surface area contributed by atoms with Crippen LogP contribution in [0.3, 0.4) is 0 Å². The third-order valence-electron chi connectivity index (χ3n) is 5.46. The Morgan fingerprint density at radius 3 is 2.83 bits per heavy atom. The Kier molecular flexibility index (Phi) is 5.05. The summed E-state index contributed by atoms with van der Waals surface area (Å²) in [6.45, 7) is 7.52. The van der Waals surface area contributed by atoms with Gasteiger partial charge in [0.15, 0.2) is 0 Å². The minimum absolute atomic E-state index is 0.102. The van der Waals surface area contributed by atoms with Crippen LogP contribution in [0.2, 0.25) is 0 Å². The second-order valence-corrected chi connectivity index (χ2v) is 7.49. The fourth-order valence-corrected chi connectivity index (χ4v) is 4.18. The van der Waals surface area contributed by atoms with Gasteiger partial charge in [-0.2, -0.15) is 5.10 Å². The Morgan fingerprint density at radius 2 is 2.09 bits per heavy atom. The molecule has 0 radical (unpaired) electrons. The number of hydrogen-bond acceptors (Lipinski definition) is 3. The lowest BCUT2D eigenvalue weighted by atomic mass is 9.83. The Hall–Kier alpha value is -1.36. The molecule has 1 aromatic rings. The van der Waals surface area contributed by atoms with Crippen LogP contribution in [0, 0.1) is 5.92 Å². The van der Waals surface area contributed by atoms with Gasteiger partial charge in [-0.15, -0.1) is 0 Å². The van der Waals surface area contributed by atoms with Gasteiger partial charge in [0.05, 0.1) is 11.8 Å². The first-order valence-corrected chi connectivity index (χ1v) is 9.10. The molecule has 128 valence electrons. The van der Waals surface area contributed by atoms with Crippen LogP contribution < -0.4 is 0 Å². The highest BCUT2D eigenvalue weighted by Gasteiger charge is 2.34. The number of carbonyl (C=O) groups excluding carboxylic acids is 1. The van der Waals surface area contributed by atoms with Gasteiger partial charge in [0.2, 0.25) is 0 Å². The first-order chi connectivity index (χ1) is 11.1. The summed E-state index contributed by atoms with van der Waals surface area (Å²) in [4.78, 5) is 17.2. The van der Waals surface area contributed by atoms with Crippen LogP contribution in [-0.4, -0.2) is 58.2 Å². The number of rotatable bonds is 4. The van der Waals surface area contributed by atoms with E-state index in [0.717, 1.165) is 6.54 Å². The lowest BCUT2D eigenvalue weighted by Crippen LogP contribution is -2.51. The lowest BCUT2D eigenvalue weighted by Gasteiger charge is -2.45. The monoisotopic (exact) mass is 318 g/mol. The van der Waals surface area contributed by atoms with Crippen LogP contribution in [0.15, 0.2) is 12.4 Å². The van der Waals surface area contributed by atoms with Crippen molar-refractivity contribution < 1.29 is 4.79 Å². The molecule has 5 heteroatoms. The summed E-state index contributed by atoms with van der Waals surface area (Å²) in [5.41, 5.74) is 0.706. The van der Waals surface area contributed by atoms with Crippen LogP contribution in [0.4, 0.5) is 0 Å². The van der Waals surface area contributed by atoms with Gasteiger partial charge in [-0.25, -0.2) is 0 Å². The SMILES string of the molecule is CC(C)n1cc(C(=O)N(C)C[C@@H]2CCCN3CCCC[C@H]23)cn1. The first kappa shape index (κ1) is 16.5. The van der Waals surface area contributed by atoms with E-state index in [-0.39, 0.29) is 11.9 Å². The largest absolute Gasteiger partial charge is 0.341 e. The molecular weight excluding hydrogens is 288 g/mol. The minimum atomic E-state index is 0.102. The predicted octanol–water partition coefficient (Wildman–Crippen LogP) is 2.80. The van der Waals surface area contributed by atoms with Crippen molar-refractivity contribution in [2.45, 2.75) is 58.0 Å². The van der Waals surface area contributed by atoms with Crippen molar-refractivity contribution in [3.63, 3.8) is 0 Å². The lowest BCUT2D eigenvalue weighted by molar-refractivity contribution is 0.0403. The van der Waals surface area contributed by atoms with Crippen LogP contribution in [0.1, 0.15) is 62.4 Å². The molecule has 0 aliphatic carbocycles. The van der Waals surface area contributed by atoms with Crippen LogP contribution >= 0.6 is 0 Å². The maximum atomic E-state index is 12.7. The second kappa shape index (κ2) is 7.04. The summed E-state index contributed by atoms with van der Waals surface area (Å²) >= 11 is 0. The zero-order chi connectivity index (χ0) is 16.4. The molecule has 0 spiro atoms. The third-order valence-corrected chi connectivity index (χ3v) is 5.46.